The monoisotopic (exact) mass is 374 g/mol. The molecule has 0 bridgehead atoms. The maximum atomic E-state index is 12.8. The van der Waals surface area contributed by atoms with E-state index in [1.165, 1.54) is 25.3 Å². The Kier molecular flexibility index (Phi) is 5.35. The van der Waals surface area contributed by atoms with Crippen LogP contribution in [0.5, 0.6) is 11.5 Å². The van der Waals surface area contributed by atoms with E-state index in [0.717, 1.165) is 0 Å². The summed E-state index contributed by atoms with van der Waals surface area (Å²) in [5, 5.41) is 11.2. The number of ether oxygens (including phenoxy) is 2. The van der Waals surface area contributed by atoms with Gasteiger partial charge < -0.3 is 23.8 Å². The van der Waals surface area contributed by atoms with Crippen molar-refractivity contribution >= 4 is 28.7 Å². The van der Waals surface area contributed by atoms with Gasteiger partial charge in [0.25, 0.3) is 0 Å². The lowest BCUT2D eigenvalue weighted by atomic mass is 10.1. The van der Waals surface area contributed by atoms with Gasteiger partial charge in [0.15, 0.2) is 17.1 Å². The van der Waals surface area contributed by atoms with Gasteiger partial charge in [-0.1, -0.05) is 24.3 Å². The number of benzene rings is 2. The van der Waals surface area contributed by atoms with Gasteiger partial charge in [-0.3, -0.25) is 0 Å². The Morgan fingerprint density at radius 3 is 2.70 bits per heavy atom. The number of aliphatic carboxylic acids is 1. The molecular formula is C19H14F2NO5-. The second-order valence-electron chi connectivity index (χ2n) is 5.46. The summed E-state index contributed by atoms with van der Waals surface area (Å²) < 4.78 is 40.8. The lowest BCUT2D eigenvalue weighted by Crippen LogP contribution is -2.22. The zero-order valence-corrected chi connectivity index (χ0v) is 14.1. The molecule has 140 valence electrons. The second-order valence-corrected chi connectivity index (χ2v) is 5.46. The molecule has 8 heteroatoms. The molecule has 0 saturated carbocycles. The molecule has 0 aliphatic heterocycles. The number of hydrogen-bond donors (Lipinski definition) is 0. The topological polar surface area (TPSA) is 84.6 Å². The highest BCUT2D eigenvalue weighted by Crippen LogP contribution is 2.35. The SMILES string of the molecule is COc1cccc(/C=C(\CC(=O)[O-])c2nc3ccccc3o2)c1OC(F)F. The molecule has 0 fully saturated rings. The summed E-state index contributed by atoms with van der Waals surface area (Å²) in [4.78, 5) is 15.4. The standard InChI is InChI=1S/C19H15F2NO5/c1-25-15-8-4-5-11(17(15)27-19(20)21)9-12(10-16(23)24)18-22-13-6-2-3-7-14(13)26-18/h2-9,19H,10H2,1H3,(H,23,24)/p-1/b12-9+. The molecule has 0 amide bonds. The first-order valence-corrected chi connectivity index (χ1v) is 7.86. The van der Waals surface area contributed by atoms with Crippen molar-refractivity contribution in [2.24, 2.45) is 0 Å². The van der Waals surface area contributed by atoms with Crippen molar-refractivity contribution in [3.05, 3.63) is 53.9 Å². The number of carbonyl (C=O) groups excluding carboxylic acids is 1. The lowest BCUT2D eigenvalue weighted by molar-refractivity contribution is -0.304. The van der Waals surface area contributed by atoms with E-state index in [-0.39, 0.29) is 28.5 Å². The number of carboxylic acids is 1. The molecule has 1 heterocycles. The maximum Gasteiger partial charge on any atom is 0.387 e. The number of alkyl halides is 2. The third kappa shape index (κ3) is 4.22. The molecule has 0 saturated heterocycles. The fourth-order valence-electron chi connectivity index (χ4n) is 2.56. The number of fused-ring (bicyclic) bond motifs is 1. The van der Waals surface area contributed by atoms with Crippen LogP contribution in [0, 0.1) is 0 Å². The van der Waals surface area contributed by atoms with Gasteiger partial charge in [0.2, 0.25) is 5.89 Å². The van der Waals surface area contributed by atoms with Crippen LogP contribution in [0.25, 0.3) is 22.7 Å². The van der Waals surface area contributed by atoms with Crippen molar-refractivity contribution in [1.82, 2.24) is 4.98 Å². The Labute approximate surface area is 152 Å². The number of aromatic nitrogens is 1. The Bertz CT molecular complexity index is 964. The van der Waals surface area contributed by atoms with Crippen molar-refractivity contribution in [3.8, 4) is 11.5 Å². The molecule has 27 heavy (non-hydrogen) atoms. The van der Waals surface area contributed by atoms with Crippen LogP contribution in [0.15, 0.2) is 46.9 Å². The summed E-state index contributed by atoms with van der Waals surface area (Å²) in [6, 6.07) is 11.4. The van der Waals surface area contributed by atoms with Crippen molar-refractivity contribution in [1.29, 1.82) is 0 Å². The number of hydrogen-bond acceptors (Lipinski definition) is 6. The van der Waals surface area contributed by atoms with Crippen molar-refractivity contribution in [3.63, 3.8) is 0 Å². The number of carbonyl (C=O) groups is 1. The van der Waals surface area contributed by atoms with Crippen LogP contribution >= 0.6 is 0 Å². The number of halogens is 2. The maximum absolute atomic E-state index is 12.8. The summed E-state index contributed by atoms with van der Waals surface area (Å²) in [5.41, 5.74) is 1.32. The quantitative estimate of drug-likeness (QED) is 0.632. The molecule has 3 aromatic rings. The molecule has 0 aliphatic rings. The molecule has 0 aliphatic carbocycles. The Morgan fingerprint density at radius 1 is 1.26 bits per heavy atom. The van der Waals surface area contributed by atoms with Crippen LogP contribution in [0.1, 0.15) is 17.9 Å². The van der Waals surface area contributed by atoms with Crippen molar-refractivity contribution in [2.45, 2.75) is 13.0 Å². The van der Waals surface area contributed by atoms with Crippen LogP contribution in [-0.2, 0) is 4.79 Å². The van der Waals surface area contributed by atoms with Crippen LogP contribution in [0.3, 0.4) is 0 Å². The van der Waals surface area contributed by atoms with E-state index < -0.39 is 19.0 Å². The van der Waals surface area contributed by atoms with E-state index in [1.54, 1.807) is 30.3 Å². The highest BCUT2D eigenvalue weighted by Gasteiger charge is 2.17. The molecular weight excluding hydrogens is 360 g/mol. The molecule has 6 nitrogen and oxygen atoms in total. The molecule has 0 unspecified atom stereocenters. The molecule has 0 spiro atoms. The number of methoxy groups -OCH3 is 1. The average molecular weight is 374 g/mol. The first-order valence-electron chi connectivity index (χ1n) is 7.86. The normalized spacial score (nSPS) is 11.8. The van der Waals surface area contributed by atoms with E-state index in [0.29, 0.717) is 11.1 Å². The van der Waals surface area contributed by atoms with Gasteiger partial charge in [0.1, 0.15) is 5.52 Å². The van der Waals surface area contributed by atoms with Gasteiger partial charge in [-0.05, 0) is 24.3 Å². The number of oxazole rings is 1. The fourth-order valence-corrected chi connectivity index (χ4v) is 2.56. The van der Waals surface area contributed by atoms with E-state index in [2.05, 4.69) is 9.72 Å². The molecule has 0 radical (unpaired) electrons. The largest absolute Gasteiger partial charge is 0.550 e. The summed E-state index contributed by atoms with van der Waals surface area (Å²) in [6.07, 6.45) is 0.818. The van der Waals surface area contributed by atoms with Crippen LogP contribution in [0.2, 0.25) is 0 Å². The van der Waals surface area contributed by atoms with Gasteiger partial charge in [0.05, 0.1) is 7.11 Å². The highest BCUT2D eigenvalue weighted by atomic mass is 19.3. The summed E-state index contributed by atoms with van der Waals surface area (Å²) in [6.45, 7) is -3.08. The van der Waals surface area contributed by atoms with E-state index >= 15 is 0 Å². The molecule has 2 aromatic carbocycles. The van der Waals surface area contributed by atoms with Gasteiger partial charge in [-0.2, -0.15) is 8.78 Å². The molecule has 0 atom stereocenters. The summed E-state index contributed by atoms with van der Waals surface area (Å²) in [5.74, 6) is -1.47. The molecule has 1 aromatic heterocycles. The summed E-state index contributed by atoms with van der Waals surface area (Å²) in [7, 11) is 1.31. The van der Waals surface area contributed by atoms with Crippen molar-refractivity contribution < 1.29 is 32.6 Å². The Hall–Kier alpha value is -3.42. The van der Waals surface area contributed by atoms with E-state index in [4.69, 9.17) is 9.15 Å². The van der Waals surface area contributed by atoms with Crippen molar-refractivity contribution in [2.75, 3.05) is 7.11 Å². The molecule has 0 N–H and O–H groups in total. The van der Waals surface area contributed by atoms with E-state index in [1.807, 2.05) is 0 Å². The minimum Gasteiger partial charge on any atom is -0.550 e. The van der Waals surface area contributed by atoms with Gasteiger partial charge in [-0.25, -0.2) is 4.98 Å². The van der Waals surface area contributed by atoms with E-state index in [9.17, 15) is 18.7 Å². The first-order chi connectivity index (χ1) is 13.0. The molecule has 3 rings (SSSR count). The zero-order chi connectivity index (χ0) is 19.4. The zero-order valence-electron chi connectivity index (χ0n) is 14.1. The Morgan fingerprint density at radius 2 is 2.04 bits per heavy atom. The third-order valence-electron chi connectivity index (χ3n) is 3.67. The number of rotatable bonds is 7. The van der Waals surface area contributed by atoms with Gasteiger partial charge in [0, 0.05) is 23.5 Å². The predicted molar refractivity (Wildman–Crippen MR) is 91.1 cm³/mol. The van der Waals surface area contributed by atoms with Crippen LogP contribution < -0.4 is 14.6 Å². The Balaban J connectivity index is 2.12. The second kappa shape index (κ2) is 7.86. The van der Waals surface area contributed by atoms with Gasteiger partial charge in [-0.15, -0.1) is 0 Å². The third-order valence-corrected chi connectivity index (χ3v) is 3.67. The minimum absolute atomic E-state index is 0.0474. The average Bonchev–Trinajstić information content (AvgIpc) is 3.06. The van der Waals surface area contributed by atoms with Crippen LogP contribution in [0.4, 0.5) is 8.78 Å². The van der Waals surface area contributed by atoms with Gasteiger partial charge >= 0.3 is 6.61 Å². The fraction of sp³-hybridized carbons (Fsp3) is 0.158. The number of carboxylic acid groups (broad SMARTS) is 1. The minimum atomic E-state index is -3.08. The van der Waals surface area contributed by atoms with Crippen LogP contribution in [-0.4, -0.2) is 24.7 Å². The predicted octanol–water partition coefficient (Wildman–Crippen LogP) is 3.12. The first kappa shape index (κ1) is 18.4. The summed E-state index contributed by atoms with van der Waals surface area (Å²) >= 11 is 0. The lowest BCUT2D eigenvalue weighted by Gasteiger charge is -2.13. The number of para-hydroxylation sites is 3. The number of nitrogens with zero attached hydrogens (tertiary/aromatic N) is 1. The smallest absolute Gasteiger partial charge is 0.387 e. The highest BCUT2D eigenvalue weighted by molar-refractivity contribution is 5.91.